The highest BCUT2D eigenvalue weighted by Crippen LogP contribution is 2.45. The Morgan fingerprint density at radius 1 is 0.390 bits per heavy atom. The zero-order valence-electron chi connectivity index (χ0n) is 24.3. The Morgan fingerprint density at radius 3 is 1.32 bits per heavy atom. The summed E-state index contributed by atoms with van der Waals surface area (Å²) in [5.41, 5.74) is 8.26. The summed E-state index contributed by atoms with van der Waals surface area (Å²) in [5, 5.41) is 0. The molecule has 0 saturated carbocycles. The van der Waals surface area contributed by atoms with Gasteiger partial charge in [-0.25, -0.2) is 0 Å². The molecule has 2 nitrogen and oxygen atoms in total. The van der Waals surface area contributed by atoms with Crippen LogP contribution < -0.4 is 9.80 Å². The molecule has 0 amide bonds. The normalized spacial score (nSPS) is 10.9. The molecule has 2 heteroatoms. The number of hydrogen-bond donors (Lipinski definition) is 0. The summed E-state index contributed by atoms with van der Waals surface area (Å²) < 4.78 is 0. The lowest BCUT2D eigenvalue weighted by Gasteiger charge is -2.33. The summed E-state index contributed by atoms with van der Waals surface area (Å²) in [7, 11) is 0. The van der Waals surface area contributed by atoms with Gasteiger partial charge in [-0.05, 0) is 79.1 Å². The molecule has 0 bridgehead atoms. The lowest BCUT2D eigenvalue weighted by Crippen LogP contribution is -2.17. The van der Waals surface area contributed by atoms with E-state index in [4.69, 9.17) is 0 Å². The smallest absolute Gasteiger partial charge is 0.0702 e. The summed E-state index contributed by atoms with van der Waals surface area (Å²) in [6, 6.07) is 49.9. The standard InChI is InChI=1S/C39H42N2/c1-2-3-4-5-6-7-11-21-33-22-20-29-37(32-33)41(36-27-16-10-17-28-36)39-31-19-18-30-38(39)40(34-23-12-8-13-24-34)35-25-14-9-15-26-35/h8-10,12-20,22-32H,2-7,11,21H2,1H3. The number of para-hydroxylation sites is 5. The maximum Gasteiger partial charge on any atom is 0.0702 e. The lowest BCUT2D eigenvalue weighted by atomic mass is 10.0. The first-order chi connectivity index (χ1) is 20.3. The molecular weight excluding hydrogens is 496 g/mol. The molecule has 5 rings (SSSR count). The topological polar surface area (TPSA) is 6.48 Å². The molecule has 0 N–H and O–H groups in total. The van der Waals surface area contributed by atoms with Gasteiger partial charge in [0.15, 0.2) is 0 Å². The van der Waals surface area contributed by atoms with Crippen LogP contribution in [0.25, 0.3) is 0 Å². The van der Waals surface area contributed by atoms with E-state index in [0.29, 0.717) is 0 Å². The number of anilines is 6. The molecule has 0 fully saturated rings. The SMILES string of the molecule is CCCCCCCCCc1cccc(N(c2ccccc2)c2ccccc2N(c2ccccc2)c2ccccc2)c1. The molecule has 0 aliphatic rings. The number of hydrogen-bond acceptors (Lipinski definition) is 2. The van der Waals surface area contributed by atoms with Gasteiger partial charge in [0.25, 0.3) is 0 Å². The summed E-state index contributed by atoms with van der Waals surface area (Å²) in [5.74, 6) is 0. The molecule has 0 aromatic heterocycles. The number of aryl methyl sites for hydroxylation is 1. The number of rotatable bonds is 14. The highest BCUT2D eigenvalue weighted by atomic mass is 15.2. The van der Waals surface area contributed by atoms with Crippen molar-refractivity contribution >= 4 is 34.1 Å². The maximum atomic E-state index is 2.41. The van der Waals surface area contributed by atoms with Crippen molar-refractivity contribution in [3.05, 3.63) is 145 Å². The molecule has 0 saturated heterocycles. The molecule has 0 unspecified atom stereocenters. The van der Waals surface area contributed by atoms with E-state index in [1.54, 1.807) is 0 Å². The fourth-order valence-corrected chi connectivity index (χ4v) is 5.57. The third-order valence-electron chi connectivity index (χ3n) is 7.64. The van der Waals surface area contributed by atoms with Crippen LogP contribution in [0.4, 0.5) is 34.1 Å². The Hall–Kier alpha value is -4.30. The molecule has 41 heavy (non-hydrogen) atoms. The minimum absolute atomic E-state index is 1.12. The fourth-order valence-electron chi connectivity index (χ4n) is 5.57. The first-order valence-corrected chi connectivity index (χ1v) is 15.3. The Morgan fingerprint density at radius 2 is 0.805 bits per heavy atom. The van der Waals surface area contributed by atoms with E-state index in [-0.39, 0.29) is 0 Å². The van der Waals surface area contributed by atoms with E-state index >= 15 is 0 Å². The lowest BCUT2D eigenvalue weighted by molar-refractivity contribution is 0.589. The van der Waals surface area contributed by atoms with Gasteiger partial charge in [-0.1, -0.05) is 124 Å². The van der Waals surface area contributed by atoms with Gasteiger partial charge in [0.2, 0.25) is 0 Å². The van der Waals surface area contributed by atoms with Gasteiger partial charge < -0.3 is 9.80 Å². The molecule has 5 aromatic carbocycles. The Bertz CT molecular complexity index is 1410. The summed E-state index contributed by atoms with van der Waals surface area (Å²) in [6.07, 6.45) is 10.4. The molecule has 0 atom stereocenters. The second-order valence-electron chi connectivity index (χ2n) is 10.7. The summed E-state index contributed by atoms with van der Waals surface area (Å²) in [4.78, 5) is 4.76. The van der Waals surface area contributed by atoms with E-state index < -0.39 is 0 Å². The first kappa shape index (κ1) is 28.2. The zero-order valence-corrected chi connectivity index (χ0v) is 24.3. The first-order valence-electron chi connectivity index (χ1n) is 15.3. The number of unbranched alkanes of at least 4 members (excludes halogenated alkanes) is 6. The van der Waals surface area contributed by atoms with Crippen LogP contribution in [0.1, 0.15) is 57.4 Å². The predicted molar refractivity (Wildman–Crippen MR) is 178 cm³/mol. The van der Waals surface area contributed by atoms with Crippen molar-refractivity contribution in [3.63, 3.8) is 0 Å². The molecule has 208 valence electrons. The summed E-state index contributed by atoms with van der Waals surface area (Å²) in [6.45, 7) is 2.28. The van der Waals surface area contributed by atoms with Crippen molar-refractivity contribution in [2.45, 2.75) is 58.3 Å². The van der Waals surface area contributed by atoms with Crippen molar-refractivity contribution in [1.29, 1.82) is 0 Å². The highest BCUT2D eigenvalue weighted by Gasteiger charge is 2.21. The third kappa shape index (κ3) is 7.46. The Labute approximate surface area is 246 Å². The van der Waals surface area contributed by atoms with Crippen LogP contribution in [0.15, 0.2) is 140 Å². The van der Waals surface area contributed by atoms with E-state index in [1.165, 1.54) is 56.2 Å². The van der Waals surface area contributed by atoms with E-state index in [9.17, 15) is 0 Å². The number of nitrogens with zero attached hydrogens (tertiary/aromatic N) is 2. The number of benzene rings is 5. The maximum absolute atomic E-state index is 2.41. The van der Waals surface area contributed by atoms with Gasteiger partial charge in [-0.2, -0.15) is 0 Å². The van der Waals surface area contributed by atoms with E-state index in [0.717, 1.165) is 34.9 Å². The van der Waals surface area contributed by atoms with Gasteiger partial charge >= 0.3 is 0 Å². The van der Waals surface area contributed by atoms with Crippen molar-refractivity contribution in [1.82, 2.24) is 0 Å². The molecule has 0 radical (unpaired) electrons. The van der Waals surface area contributed by atoms with Gasteiger partial charge in [-0.3, -0.25) is 0 Å². The monoisotopic (exact) mass is 538 g/mol. The van der Waals surface area contributed by atoms with Crippen LogP contribution in [-0.4, -0.2) is 0 Å². The van der Waals surface area contributed by atoms with Gasteiger partial charge in [-0.15, -0.1) is 0 Å². The Balaban J connectivity index is 1.52. The third-order valence-corrected chi connectivity index (χ3v) is 7.64. The average molecular weight is 539 g/mol. The van der Waals surface area contributed by atoms with E-state index in [1.807, 2.05) is 0 Å². The zero-order chi connectivity index (χ0) is 28.1. The van der Waals surface area contributed by atoms with Crippen molar-refractivity contribution in [2.24, 2.45) is 0 Å². The largest absolute Gasteiger partial charge is 0.308 e. The fraction of sp³-hybridized carbons (Fsp3) is 0.231. The predicted octanol–water partition coefficient (Wildman–Crippen LogP) is 11.9. The van der Waals surface area contributed by atoms with Crippen LogP contribution in [0.5, 0.6) is 0 Å². The van der Waals surface area contributed by atoms with Crippen LogP contribution >= 0.6 is 0 Å². The van der Waals surface area contributed by atoms with Crippen LogP contribution in [0, 0.1) is 0 Å². The minimum Gasteiger partial charge on any atom is -0.308 e. The Kier molecular flexibility index (Phi) is 10.3. The minimum atomic E-state index is 1.12. The summed E-state index contributed by atoms with van der Waals surface area (Å²) >= 11 is 0. The molecule has 0 spiro atoms. The second kappa shape index (κ2) is 14.9. The second-order valence-corrected chi connectivity index (χ2v) is 10.7. The molecule has 0 aliphatic heterocycles. The molecular formula is C39H42N2. The molecule has 5 aromatic rings. The van der Waals surface area contributed by atoms with Crippen LogP contribution in [-0.2, 0) is 6.42 Å². The van der Waals surface area contributed by atoms with Crippen molar-refractivity contribution in [3.8, 4) is 0 Å². The van der Waals surface area contributed by atoms with Crippen molar-refractivity contribution < 1.29 is 0 Å². The van der Waals surface area contributed by atoms with Gasteiger partial charge in [0, 0.05) is 22.7 Å². The van der Waals surface area contributed by atoms with Gasteiger partial charge in [0.1, 0.15) is 0 Å². The molecule has 0 heterocycles. The quantitative estimate of drug-likeness (QED) is 0.130. The average Bonchev–Trinajstić information content (AvgIpc) is 3.03. The van der Waals surface area contributed by atoms with Crippen molar-refractivity contribution in [2.75, 3.05) is 9.80 Å². The molecule has 0 aliphatic carbocycles. The van der Waals surface area contributed by atoms with Crippen LogP contribution in [0.2, 0.25) is 0 Å². The van der Waals surface area contributed by atoms with Crippen LogP contribution in [0.3, 0.4) is 0 Å². The highest BCUT2D eigenvalue weighted by molar-refractivity contribution is 5.91. The van der Waals surface area contributed by atoms with E-state index in [2.05, 4.69) is 156 Å². The van der Waals surface area contributed by atoms with Gasteiger partial charge in [0.05, 0.1) is 11.4 Å².